The van der Waals surface area contributed by atoms with Gasteiger partial charge >= 0.3 is 0 Å². The second-order valence-electron chi connectivity index (χ2n) is 10.2. The lowest BCUT2D eigenvalue weighted by Gasteiger charge is -2.22. The molecule has 2 heterocycles. The van der Waals surface area contributed by atoms with E-state index < -0.39 is 5.41 Å². The van der Waals surface area contributed by atoms with Gasteiger partial charge in [0, 0.05) is 29.1 Å². The van der Waals surface area contributed by atoms with Gasteiger partial charge in [0.05, 0.1) is 12.0 Å². The number of hydrogen-bond acceptors (Lipinski definition) is 6. The predicted octanol–water partition coefficient (Wildman–Crippen LogP) is 5.30. The standard InChI is InChI=1S/C28H30N6O2/c1-5-36-24-12-9-18(17-29-24)22-11-10-21(16-23(22)25-31-33-34-32-25)30-26(35)28(13-14-28)20-8-6-7-19(15-20)27(2,3)4/h6-12,15-17H,5,13-14H2,1-4H3,(H,30,35)(H,31,32,33,34). The van der Waals surface area contributed by atoms with E-state index in [2.05, 4.69) is 76.0 Å². The first-order chi connectivity index (χ1) is 17.3. The average Bonchev–Trinajstić information content (AvgIpc) is 3.51. The molecule has 1 fully saturated rings. The van der Waals surface area contributed by atoms with Crippen LogP contribution in [-0.4, -0.2) is 38.1 Å². The molecule has 2 N–H and O–H groups in total. The van der Waals surface area contributed by atoms with Crippen molar-refractivity contribution < 1.29 is 9.53 Å². The maximum atomic E-state index is 13.5. The fraction of sp³-hybridized carbons (Fsp3) is 0.321. The molecule has 2 aromatic heterocycles. The number of tetrazole rings is 1. The van der Waals surface area contributed by atoms with E-state index in [0.29, 0.717) is 24.0 Å². The molecule has 5 rings (SSSR count). The van der Waals surface area contributed by atoms with Crippen LogP contribution in [0.15, 0.2) is 60.8 Å². The Hall–Kier alpha value is -4.07. The van der Waals surface area contributed by atoms with Gasteiger partial charge in [-0.05, 0) is 70.5 Å². The Kier molecular flexibility index (Phi) is 6.04. The molecule has 8 heteroatoms. The number of nitrogens with one attached hydrogen (secondary N) is 2. The molecule has 1 saturated carbocycles. The van der Waals surface area contributed by atoms with Crippen molar-refractivity contribution in [2.45, 2.75) is 51.4 Å². The van der Waals surface area contributed by atoms with Crippen LogP contribution >= 0.6 is 0 Å². The molecule has 2 aromatic carbocycles. The molecule has 0 atom stereocenters. The molecule has 0 spiro atoms. The van der Waals surface area contributed by atoms with Gasteiger partial charge in [-0.3, -0.25) is 4.79 Å². The molecule has 8 nitrogen and oxygen atoms in total. The summed E-state index contributed by atoms with van der Waals surface area (Å²) in [4.78, 5) is 17.9. The number of rotatable bonds is 7. The number of benzene rings is 2. The molecule has 184 valence electrons. The number of aromatic nitrogens is 5. The van der Waals surface area contributed by atoms with Gasteiger partial charge in [-0.15, -0.1) is 5.10 Å². The number of anilines is 1. The van der Waals surface area contributed by atoms with Crippen molar-refractivity contribution in [1.82, 2.24) is 25.6 Å². The minimum absolute atomic E-state index is 0.00527. The monoisotopic (exact) mass is 482 g/mol. The number of pyridine rings is 1. The Bertz CT molecular complexity index is 1370. The van der Waals surface area contributed by atoms with E-state index in [0.717, 1.165) is 35.1 Å². The van der Waals surface area contributed by atoms with Crippen molar-refractivity contribution in [1.29, 1.82) is 0 Å². The van der Waals surface area contributed by atoms with Gasteiger partial charge in [0.2, 0.25) is 11.8 Å². The average molecular weight is 483 g/mol. The summed E-state index contributed by atoms with van der Waals surface area (Å²) in [5, 5.41) is 17.6. The highest BCUT2D eigenvalue weighted by Gasteiger charge is 2.51. The predicted molar refractivity (Wildman–Crippen MR) is 139 cm³/mol. The molecular weight excluding hydrogens is 452 g/mol. The molecule has 0 radical (unpaired) electrons. The van der Waals surface area contributed by atoms with Gasteiger partial charge in [0.15, 0.2) is 5.82 Å². The largest absolute Gasteiger partial charge is 0.478 e. The maximum absolute atomic E-state index is 13.5. The zero-order valence-electron chi connectivity index (χ0n) is 21.0. The third-order valence-electron chi connectivity index (χ3n) is 6.68. The van der Waals surface area contributed by atoms with E-state index >= 15 is 0 Å². The summed E-state index contributed by atoms with van der Waals surface area (Å²) >= 11 is 0. The smallest absolute Gasteiger partial charge is 0.235 e. The first-order valence-corrected chi connectivity index (χ1v) is 12.2. The van der Waals surface area contributed by atoms with Crippen molar-refractivity contribution >= 4 is 11.6 Å². The molecule has 1 aliphatic rings. The molecule has 1 aliphatic carbocycles. The number of amides is 1. The van der Waals surface area contributed by atoms with E-state index in [1.54, 1.807) is 6.20 Å². The zero-order valence-corrected chi connectivity index (χ0v) is 21.0. The van der Waals surface area contributed by atoms with Gasteiger partial charge in [-0.25, -0.2) is 10.1 Å². The Morgan fingerprint density at radius 2 is 1.92 bits per heavy atom. The van der Waals surface area contributed by atoms with Crippen LogP contribution in [0, 0.1) is 0 Å². The summed E-state index contributed by atoms with van der Waals surface area (Å²) in [5.74, 6) is 1.08. The maximum Gasteiger partial charge on any atom is 0.235 e. The Balaban J connectivity index is 1.45. The number of H-pyrrole nitrogens is 1. The first kappa shape index (κ1) is 23.7. The normalized spacial score (nSPS) is 14.3. The first-order valence-electron chi connectivity index (χ1n) is 12.2. The lowest BCUT2D eigenvalue weighted by molar-refractivity contribution is -0.118. The summed E-state index contributed by atoms with van der Waals surface area (Å²) in [7, 11) is 0. The molecule has 0 unspecified atom stereocenters. The Labute approximate surface area is 210 Å². The van der Waals surface area contributed by atoms with Crippen LogP contribution in [0.4, 0.5) is 5.69 Å². The van der Waals surface area contributed by atoms with Crippen LogP contribution in [0.3, 0.4) is 0 Å². The lowest BCUT2D eigenvalue weighted by atomic mass is 9.83. The summed E-state index contributed by atoms with van der Waals surface area (Å²) in [6.45, 7) is 9.04. The van der Waals surface area contributed by atoms with Gasteiger partial charge in [0.25, 0.3) is 0 Å². The third-order valence-corrected chi connectivity index (χ3v) is 6.68. The van der Waals surface area contributed by atoms with Crippen LogP contribution < -0.4 is 10.1 Å². The van der Waals surface area contributed by atoms with E-state index in [4.69, 9.17) is 4.74 Å². The molecule has 0 aliphatic heterocycles. The Morgan fingerprint density at radius 3 is 2.56 bits per heavy atom. The summed E-state index contributed by atoms with van der Waals surface area (Å²) in [6, 6.07) is 18.0. The van der Waals surface area contributed by atoms with Crippen molar-refractivity contribution in [3.05, 3.63) is 71.9 Å². The number of nitrogens with zero attached hydrogens (tertiary/aromatic N) is 4. The van der Waals surface area contributed by atoms with Crippen molar-refractivity contribution in [3.8, 4) is 28.4 Å². The quantitative estimate of drug-likeness (QED) is 0.371. The van der Waals surface area contributed by atoms with Gasteiger partial charge in [-0.2, -0.15) is 0 Å². The van der Waals surface area contributed by atoms with Crippen molar-refractivity contribution in [2.24, 2.45) is 0 Å². The second kappa shape index (κ2) is 9.18. The Morgan fingerprint density at radius 1 is 1.08 bits per heavy atom. The zero-order chi connectivity index (χ0) is 25.3. The SMILES string of the molecule is CCOc1ccc(-c2ccc(NC(=O)C3(c4cccc(C(C)(C)C)c4)CC3)cc2-c2nnn[nH]2)cn1. The summed E-state index contributed by atoms with van der Waals surface area (Å²) < 4.78 is 5.47. The molecule has 4 aromatic rings. The van der Waals surface area contributed by atoms with Gasteiger partial charge < -0.3 is 10.1 Å². The van der Waals surface area contributed by atoms with Crippen LogP contribution in [0.1, 0.15) is 51.7 Å². The van der Waals surface area contributed by atoms with Gasteiger partial charge in [-0.1, -0.05) is 51.1 Å². The highest BCUT2D eigenvalue weighted by molar-refractivity contribution is 6.02. The fourth-order valence-electron chi connectivity index (χ4n) is 4.42. The van der Waals surface area contributed by atoms with Crippen LogP contribution in [0.25, 0.3) is 22.5 Å². The highest BCUT2D eigenvalue weighted by atomic mass is 16.5. The highest BCUT2D eigenvalue weighted by Crippen LogP contribution is 2.49. The van der Waals surface area contributed by atoms with Crippen LogP contribution in [0.5, 0.6) is 5.88 Å². The second-order valence-corrected chi connectivity index (χ2v) is 10.2. The van der Waals surface area contributed by atoms with E-state index in [-0.39, 0.29) is 11.3 Å². The number of carbonyl (C=O) groups is 1. The van der Waals surface area contributed by atoms with E-state index in [9.17, 15) is 4.79 Å². The summed E-state index contributed by atoms with van der Waals surface area (Å²) in [6.07, 6.45) is 3.43. The molecule has 0 saturated heterocycles. The number of ether oxygens (including phenoxy) is 1. The van der Waals surface area contributed by atoms with Crippen molar-refractivity contribution in [2.75, 3.05) is 11.9 Å². The molecule has 36 heavy (non-hydrogen) atoms. The minimum atomic E-state index is -0.493. The number of carbonyl (C=O) groups excluding carboxylic acids is 1. The lowest BCUT2D eigenvalue weighted by Crippen LogP contribution is -2.28. The van der Waals surface area contributed by atoms with Crippen LogP contribution in [-0.2, 0) is 15.6 Å². The van der Waals surface area contributed by atoms with Crippen LogP contribution in [0.2, 0.25) is 0 Å². The number of aromatic amines is 1. The third kappa shape index (κ3) is 4.58. The molecule has 1 amide bonds. The van der Waals surface area contributed by atoms with E-state index in [1.165, 1.54) is 5.56 Å². The minimum Gasteiger partial charge on any atom is -0.478 e. The van der Waals surface area contributed by atoms with E-state index in [1.807, 2.05) is 37.3 Å². The fourth-order valence-corrected chi connectivity index (χ4v) is 4.42. The topological polar surface area (TPSA) is 106 Å². The molecule has 0 bridgehead atoms. The summed E-state index contributed by atoms with van der Waals surface area (Å²) in [5.41, 5.74) is 5.06. The number of hydrogen-bond donors (Lipinski definition) is 2. The molecular formula is C28H30N6O2. The van der Waals surface area contributed by atoms with Gasteiger partial charge in [0.1, 0.15) is 0 Å². The van der Waals surface area contributed by atoms with Crippen molar-refractivity contribution in [3.63, 3.8) is 0 Å².